The smallest absolute Gasteiger partial charge is 0.255 e. The quantitative estimate of drug-likeness (QED) is 0.750. The zero-order valence-corrected chi connectivity index (χ0v) is 15.0. The van der Waals surface area contributed by atoms with Crippen molar-refractivity contribution in [2.24, 2.45) is 0 Å². The van der Waals surface area contributed by atoms with Gasteiger partial charge in [0.25, 0.3) is 5.91 Å². The average molecular weight is 358 g/mol. The lowest BCUT2D eigenvalue weighted by Gasteiger charge is -2.34. The monoisotopic (exact) mass is 358 g/mol. The van der Waals surface area contributed by atoms with E-state index in [1.807, 2.05) is 42.5 Å². The van der Waals surface area contributed by atoms with Crippen molar-refractivity contribution in [3.63, 3.8) is 0 Å². The first kappa shape index (κ1) is 17.2. The van der Waals surface area contributed by atoms with Gasteiger partial charge in [-0.3, -0.25) is 4.79 Å². The van der Waals surface area contributed by atoms with E-state index in [1.165, 1.54) is 5.56 Å². The molecule has 0 saturated carbocycles. The molecule has 136 valence electrons. The third-order valence-corrected chi connectivity index (χ3v) is 4.74. The number of hydrogen-bond acceptors (Lipinski definition) is 4. The summed E-state index contributed by atoms with van der Waals surface area (Å²) in [6.45, 7) is 2.56. The highest BCUT2D eigenvalue weighted by atomic mass is 16.1. The molecule has 4 rings (SSSR count). The zero-order chi connectivity index (χ0) is 18.5. The fraction of sp³-hybridized carbons (Fsp3) is 0.182. The van der Waals surface area contributed by atoms with Crippen LogP contribution in [-0.4, -0.2) is 30.5 Å². The number of carbonyl (C=O) groups is 1. The molecule has 0 aliphatic carbocycles. The van der Waals surface area contributed by atoms with E-state index in [1.54, 1.807) is 12.3 Å². The number of benzene rings is 2. The minimum atomic E-state index is -0.125. The van der Waals surface area contributed by atoms with Crippen LogP contribution in [0.5, 0.6) is 0 Å². The van der Waals surface area contributed by atoms with E-state index in [0.29, 0.717) is 5.56 Å². The molecule has 27 heavy (non-hydrogen) atoms. The minimum Gasteiger partial charge on any atom is -0.353 e. The number of pyridine rings is 1. The number of hydrogen-bond donors (Lipinski definition) is 2. The first-order valence-corrected chi connectivity index (χ1v) is 9.15. The molecule has 1 amide bonds. The first-order valence-electron chi connectivity index (χ1n) is 9.15. The van der Waals surface area contributed by atoms with Gasteiger partial charge in [-0.15, -0.1) is 0 Å². The molecule has 0 bridgehead atoms. The number of amides is 1. The van der Waals surface area contributed by atoms with Crippen molar-refractivity contribution >= 4 is 17.4 Å². The number of rotatable bonds is 4. The Morgan fingerprint density at radius 3 is 2.56 bits per heavy atom. The topological polar surface area (TPSA) is 57.3 Å². The summed E-state index contributed by atoms with van der Waals surface area (Å²) in [4.78, 5) is 19.3. The molecule has 1 fully saturated rings. The largest absolute Gasteiger partial charge is 0.353 e. The van der Waals surface area contributed by atoms with Crippen LogP contribution in [0, 0.1) is 0 Å². The molecule has 2 heterocycles. The van der Waals surface area contributed by atoms with Gasteiger partial charge in [0.15, 0.2) is 0 Å². The molecule has 0 radical (unpaired) electrons. The van der Waals surface area contributed by atoms with Gasteiger partial charge >= 0.3 is 0 Å². The van der Waals surface area contributed by atoms with Gasteiger partial charge in [0.05, 0.1) is 0 Å². The summed E-state index contributed by atoms with van der Waals surface area (Å²) in [6, 6.07) is 23.8. The Balaban J connectivity index is 1.49. The summed E-state index contributed by atoms with van der Waals surface area (Å²) >= 11 is 0. The van der Waals surface area contributed by atoms with Gasteiger partial charge in [0, 0.05) is 43.1 Å². The van der Waals surface area contributed by atoms with Gasteiger partial charge in [0.2, 0.25) is 0 Å². The number of aromatic nitrogens is 1. The number of carbonyl (C=O) groups excluding carboxylic acids is 1. The molecule has 5 heteroatoms. The Kier molecular flexibility index (Phi) is 5.12. The second kappa shape index (κ2) is 8.01. The predicted molar refractivity (Wildman–Crippen MR) is 108 cm³/mol. The van der Waals surface area contributed by atoms with Crippen LogP contribution in [0.3, 0.4) is 0 Å². The van der Waals surface area contributed by atoms with E-state index in [4.69, 9.17) is 0 Å². The van der Waals surface area contributed by atoms with Crippen molar-refractivity contribution in [3.8, 4) is 0 Å². The lowest BCUT2D eigenvalue weighted by molar-refractivity contribution is 0.102. The van der Waals surface area contributed by atoms with Gasteiger partial charge in [0.1, 0.15) is 5.82 Å². The Hall–Kier alpha value is -3.18. The van der Waals surface area contributed by atoms with Crippen molar-refractivity contribution in [3.05, 3.63) is 90.1 Å². The van der Waals surface area contributed by atoms with Gasteiger partial charge in [-0.1, -0.05) is 48.5 Å². The summed E-state index contributed by atoms with van der Waals surface area (Å²) in [5, 5.41) is 6.48. The molecular weight excluding hydrogens is 336 g/mol. The molecule has 5 nitrogen and oxygen atoms in total. The van der Waals surface area contributed by atoms with E-state index in [2.05, 4.69) is 44.8 Å². The van der Waals surface area contributed by atoms with Crippen LogP contribution in [0.4, 0.5) is 11.5 Å². The van der Waals surface area contributed by atoms with Crippen molar-refractivity contribution in [2.75, 3.05) is 29.9 Å². The second-order valence-electron chi connectivity index (χ2n) is 6.59. The molecule has 1 aliphatic heterocycles. The van der Waals surface area contributed by atoms with Crippen LogP contribution in [-0.2, 0) is 0 Å². The zero-order valence-electron chi connectivity index (χ0n) is 15.0. The molecule has 2 aromatic carbocycles. The number of nitrogens with one attached hydrogen (secondary N) is 2. The maximum Gasteiger partial charge on any atom is 0.255 e. The molecule has 0 unspecified atom stereocenters. The van der Waals surface area contributed by atoms with Crippen molar-refractivity contribution in [1.82, 2.24) is 10.3 Å². The van der Waals surface area contributed by atoms with Crippen LogP contribution in [0.25, 0.3) is 0 Å². The van der Waals surface area contributed by atoms with E-state index in [-0.39, 0.29) is 11.9 Å². The van der Waals surface area contributed by atoms with E-state index in [0.717, 1.165) is 31.1 Å². The number of para-hydroxylation sites is 1. The second-order valence-corrected chi connectivity index (χ2v) is 6.59. The molecular formula is C22H22N4O. The van der Waals surface area contributed by atoms with Crippen LogP contribution < -0.4 is 15.5 Å². The number of nitrogens with zero attached hydrogens (tertiary/aromatic N) is 2. The maximum absolute atomic E-state index is 12.6. The van der Waals surface area contributed by atoms with Crippen molar-refractivity contribution in [2.45, 2.75) is 6.04 Å². The summed E-state index contributed by atoms with van der Waals surface area (Å²) in [5.41, 5.74) is 2.66. The fourth-order valence-electron chi connectivity index (χ4n) is 3.32. The molecule has 1 aromatic heterocycles. The maximum atomic E-state index is 12.6. The molecule has 3 aromatic rings. The summed E-state index contributed by atoms with van der Waals surface area (Å²) < 4.78 is 0. The first-order chi connectivity index (χ1) is 13.3. The fourth-order valence-corrected chi connectivity index (χ4v) is 3.32. The lowest BCUT2D eigenvalue weighted by atomic mass is 10.0. The molecule has 0 spiro atoms. The van der Waals surface area contributed by atoms with Gasteiger partial charge in [-0.25, -0.2) is 4.98 Å². The highest BCUT2D eigenvalue weighted by molar-refractivity contribution is 6.04. The molecule has 1 saturated heterocycles. The highest BCUT2D eigenvalue weighted by Crippen LogP contribution is 2.22. The summed E-state index contributed by atoms with van der Waals surface area (Å²) in [5.74, 6) is 0.706. The Morgan fingerprint density at radius 1 is 1.04 bits per heavy atom. The van der Waals surface area contributed by atoms with E-state index >= 15 is 0 Å². The highest BCUT2D eigenvalue weighted by Gasteiger charge is 2.22. The average Bonchev–Trinajstić information content (AvgIpc) is 2.75. The third kappa shape index (κ3) is 4.15. The number of piperazine rings is 1. The van der Waals surface area contributed by atoms with Crippen LogP contribution >= 0.6 is 0 Å². The summed E-state index contributed by atoms with van der Waals surface area (Å²) in [6.07, 6.45) is 1.70. The van der Waals surface area contributed by atoms with E-state index < -0.39 is 0 Å². The van der Waals surface area contributed by atoms with E-state index in [9.17, 15) is 4.79 Å². The number of anilines is 2. The Morgan fingerprint density at radius 2 is 1.78 bits per heavy atom. The lowest BCUT2D eigenvalue weighted by Crippen LogP contribution is -2.46. The predicted octanol–water partition coefficient (Wildman–Crippen LogP) is 3.48. The van der Waals surface area contributed by atoms with Gasteiger partial charge < -0.3 is 15.5 Å². The molecule has 1 atom stereocenters. The minimum absolute atomic E-state index is 0.125. The SMILES string of the molecule is O=C(Nc1ccccc1)c1ccnc(N2CCN[C@@H](c3ccccc3)C2)c1. The molecule has 1 aliphatic rings. The van der Waals surface area contributed by atoms with Crippen molar-refractivity contribution in [1.29, 1.82) is 0 Å². The summed E-state index contributed by atoms with van der Waals surface area (Å²) in [7, 11) is 0. The van der Waals surface area contributed by atoms with Crippen molar-refractivity contribution < 1.29 is 4.79 Å². The van der Waals surface area contributed by atoms with Gasteiger partial charge in [-0.05, 0) is 29.8 Å². The van der Waals surface area contributed by atoms with Crippen LogP contribution in [0.15, 0.2) is 79.0 Å². The Bertz CT molecular complexity index is 898. The molecule has 2 N–H and O–H groups in total. The van der Waals surface area contributed by atoms with Gasteiger partial charge in [-0.2, -0.15) is 0 Å². The Labute approximate surface area is 159 Å². The van der Waals surface area contributed by atoms with Crippen LogP contribution in [0.1, 0.15) is 22.0 Å². The normalized spacial score (nSPS) is 16.7. The standard InChI is InChI=1S/C22H22N4O/c27-22(25-19-9-5-2-6-10-19)18-11-12-24-21(15-18)26-14-13-23-20(16-26)17-7-3-1-4-8-17/h1-12,15,20,23H,13-14,16H2,(H,25,27)/t20-/m1/s1. The third-order valence-electron chi connectivity index (χ3n) is 4.74. The van der Waals surface area contributed by atoms with Crippen LogP contribution in [0.2, 0.25) is 0 Å².